The Labute approximate surface area is 167 Å². The molecule has 0 aromatic heterocycles. The molecule has 0 unspecified atom stereocenters. The Kier molecular flexibility index (Phi) is 8.27. The van der Waals surface area contributed by atoms with Crippen molar-refractivity contribution >= 4 is 28.9 Å². The van der Waals surface area contributed by atoms with Crippen LogP contribution in [0.4, 0.5) is 5.69 Å². The molecule has 2 N–H and O–H groups in total. The molecule has 144 valence electrons. The lowest BCUT2D eigenvalue weighted by Crippen LogP contribution is -2.34. The summed E-state index contributed by atoms with van der Waals surface area (Å²) in [7, 11) is 0. The summed E-state index contributed by atoms with van der Waals surface area (Å²) >= 11 is 5.32. The molecule has 0 bridgehead atoms. The largest absolute Gasteiger partial charge is 0.494 e. The fourth-order valence-corrected chi connectivity index (χ4v) is 3.01. The monoisotopic (exact) mass is 384 g/mol. The lowest BCUT2D eigenvalue weighted by atomic mass is 10.0. The van der Waals surface area contributed by atoms with Gasteiger partial charge in [0.1, 0.15) is 5.75 Å². The lowest BCUT2D eigenvalue weighted by molar-refractivity contribution is -0.119. The third kappa shape index (κ3) is 6.68. The molecule has 0 atom stereocenters. The van der Waals surface area contributed by atoms with Crippen LogP contribution in [0.3, 0.4) is 0 Å². The fraction of sp³-hybridized carbons (Fsp3) is 0.364. The highest BCUT2D eigenvalue weighted by Gasteiger charge is 2.10. The van der Waals surface area contributed by atoms with E-state index >= 15 is 0 Å². The molecule has 0 saturated heterocycles. The van der Waals surface area contributed by atoms with Crippen LogP contribution < -0.4 is 15.4 Å². The molecule has 2 rings (SSSR count). The first kappa shape index (κ1) is 20.9. The minimum Gasteiger partial charge on any atom is -0.494 e. The zero-order chi connectivity index (χ0) is 19.6. The van der Waals surface area contributed by atoms with Crippen molar-refractivity contribution < 1.29 is 9.53 Å². The number of benzene rings is 2. The molecule has 0 aliphatic heterocycles. The van der Waals surface area contributed by atoms with E-state index in [0.717, 1.165) is 24.3 Å². The van der Waals surface area contributed by atoms with Crippen LogP contribution in [0, 0.1) is 6.92 Å². The normalized spacial score (nSPS) is 10.3. The number of anilines is 1. The summed E-state index contributed by atoms with van der Waals surface area (Å²) in [6, 6.07) is 14.1. The van der Waals surface area contributed by atoms with E-state index in [1.165, 1.54) is 16.7 Å². The Bertz CT molecular complexity index is 750. The van der Waals surface area contributed by atoms with E-state index in [4.69, 9.17) is 17.0 Å². The summed E-state index contributed by atoms with van der Waals surface area (Å²) < 4.78 is 5.64. The van der Waals surface area contributed by atoms with Crippen molar-refractivity contribution in [1.29, 1.82) is 0 Å². The van der Waals surface area contributed by atoms with Crippen molar-refractivity contribution in [3.05, 3.63) is 59.2 Å². The van der Waals surface area contributed by atoms with Gasteiger partial charge in [-0.3, -0.25) is 4.79 Å². The van der Waals surface area contributed by atoms with Crippen LogP contribution in [0.15, 0.2) is 42.5 Å². The zero-order valence-corrected chi connectivity index (χ0v) is 17.1. The van der Waals surface area contributed by atoms with Gasteiger partial charge in [-0.2, -0.15) is 0 Å². The maximum Gasteiger partial charge on any atom is 0.226 e. The molecular weight excluding hydrogens is 356 g/mol. The molecule has 2 aromatic rings. The minimum atomic E-state index is -0.105. The van der Waals surface area contributed by atoms with E-state index in [9.17, 15) is 4.79 Å². The summed E-state index contributed by atoms with van der Waals surface area (Å²) in [5.74, 6) is 0.716. The lowest BCUT2D eigenvalue weighted by Gasteiger charge is -2.16. The highest BCUT2D eigenvalue weighted by Crippen LogP contribution is 2.22. The van der Waals surface area contributed by atoms with Crippen molar-refractivity contribution in [3.63, 3.8) is 0 Å². The Morgan fingerprint density at radius 2 is 1.67 bits per heavy atom. The van der Waals surface area contributed by atoms with Crippen LogP contribution in [0.1, 0.15) is 43.4 Å². The van der Waals surface area contributed by atoms with Gasteiger partial charge < -0.3 is 15.4 Å². The van der Waals surface area contributed by atoms with Crippen LogP contribution in [0.2, 0.25) is 0 Å². The Morgan fingerprint density at radius 3 is 2.26 bits per heavy atom. The highest BCUT2D eigenvalue weighted by atomic mass is 32.1. The number of thiocarbonyl (C=S) groups is 1. The topological polar surface area (TPSA) is 50.4 Å². The van der Waals surface area contributed by atoms with Gasteiger partial charge in [0.25, 0.3) is 0 Å². The standard InChI is InChI=1S/C22H28N2O2S/c1-4-17-8-6-9-18(5-2)21(17)24-22(27)23-20(25)10-7-15-26-19-13-11-16(3)12-14-19/h6,8-9,11-14H,4-5,7,10,15H2,1-3H3,(H2,23,24,25,27). The smallest absolute Gasteiger partial charge is 0.226 e. The molecular formula is C22H28N2O2S. The van der Waals surface area contributed by atoms with Crippen LogP contribution in [0.5, 0.6) is 5.75 Å². The van der Waals surface area contributed by atoms with E-state index in [-0.39, 0.29) is 5.91 Å². The molecule has 0 aliphatic carbocycles. The average Bonchev–Trinajstić information content (AvgIpc) is 2.66. The molecule has 0 spiro atoms. The number of carbonyl (C=O) groups excluding carboxylic acids is 1. The maximum absolute atomic E-state index is 12.1. The van der Waals surface area contributed by atoms with Gasteiger partial charge in [0.2, 0.25) is 5.91 Å². The summed E-state index contributed by atoms with van der Waals surface area (Å²) in [6.07, 6.45) is 2.81. The Hall–Kier alpha value is -2.40. The van der Waals surface area contributed by atoms with Crippen LogP contribution in [-0.4, -0.2) is 17.6 Å². The quantitative estimate of drug-likeness (QED) is 0.507. The van der Waals surface area contributed by atoms with E-state index in [1.54, 1.807) is 0 Å². The van der Waals surface area contributed by atoms with Gasteiger partial charge in [-0.1, -0.05) is 49.7 Å². The first-order valence-electron chi connectivity index (χ1n) is 9.44. The predicted molar refractivity (Wildman–Crippen MR) is 115 cm³/mol. The van der Waals surface area contributed by atoms with E-state index < -0.39 is 0 Å². The van der Waals surface area contributed by atoms with Crippen LogP contribution in [-0.2, 0) is 17.6 Å². The summed E-state index contributed by atoms with van der Waals surface area (Å²) in [5, 5.41) is 6.31. The maximum atomic E-state index is 12.1. The first-order valence-corrected chi connectivity index (χ1v) is 9.85. The van der Waals surface area contributed by atoms with Gasteiger partial charge in [-0.05, 0) is 61.7 Å². The first-order chi connectivity index (χ1) is 13.0. The molecule has 5 heteroatoms. The number of aryl methyl sites for hydroxylation is 3. The molecule has 0 fully saturated rings. The van der Waals surface area contributed by atoms with Gasteiger partial charge in [0.15, 0.2) is 5.11 Å². The predicted octanol–water partition coefficient (Wildman–Crippen LogP) is 4.79. The second-order valence-electron chi connectivity index (χ2n) is 6.43. The molecule has 0 saturated carbocycles. The number of carbonyl (C=O) groups is 1. The third-order valence-electron chi connectivity index (χ3n) is 4.33. The summed E-state index contributed by atoms with van der Waals surface area (Å²) in [5.41, 5.74) is 4.59. The Morgan fingerprint density at radius 1 is 1.04 bits per heavy atom. The SMILES string of the molecule is CCc1cccc(CC)c1NC(=S)NC(=O)CCCOc1ccc(C)cc1. The van der Waals surface area contributed by atoms with Crippen molar-refractivity contribution in [2.45, 2.75) is 46.5 Å². The van der Waals surface area contributed by atoms with Crippen LogP contribution >= 0.6 is 12.2 Å². The number of nitrogens with one attached hydrogen (secondary N) is 2. The molecule has 1 amide bonds. The number of hydrogen-bond acceptors (Lipinski definition) is 3. The second-order valence-corrected chi connectivity index (χ2v) is 6.83. The molecule has 0 aliphatic rings. The number of rotatable bonds is 8. The molecule has 0 radical (unpaired) electrons. The summed E-state index contributed by atoms with van der Waals surface area (Å²) in [6.45, 7) is 6.74. The van der Waals surface area contributed by atoms with Crippen molar-refractivity contribution in [3.8, 4) is 5.75 Å². The van der Waals surface area contributed by atoms with E-state index in [1.807, 2.05) is 31.2 Å². The van der Waals surface area contributed by atoms with E-state index in [0.29, 0.717) is 24.6 Å². The second kappa shape index (κ2) is 10.7. The Balaban J connectivity index is 1.77. The number of para-hydroxylation sites is 1. The highest BCUT2D eigenvalue weighted by molar-refractivity contribution is 7.80. The molecule has 4 nitrogen and oxygen atoms in total. The molecule has 27 heavy (non-hydrogen) atoms. The molecule has 2 aromatic carbocycles. The fourth-order valence-electron chi connectivity index (χ4n) is 2.79. The van der Waals surface area contributed by atoms with Crippen molar-refractivity contribution in [2.75, 3.05) is 11.9 Å². The van der Waals surface area contributed by atoms with Gasteiger partial charge in [0.05, 0.1) is 6.61 Å². The number of amides is 1. The third-order valence-corrected chi connectivity index (χ3v) is 4.53. The summed E-state index contributed by atoms with van der Waals surface area (Å²) in [4.78, 5) is 12.1. The van der Waals surface area contributed by atoms with Gasteiger partial charge >= 0.3 is 0 Å². The van der Waals surface area contributed by atoms with Crippen molar-refractivity contribution in [1.82, 2.24) is 5.32 Å². The average molecular weight is 385 g/mol. The van der Waals surface area contributed by atoms with Crippen molar-refractivity contribution in [2.24, 2.45) is 0 Å². The molecule has 0 heterocycles. The van der Waals surface area contributed by atoms with E-state index in [2.05, 4.69) is 42.7 Å². The van der Waals surface area contributed by atoms with Gasteiger partial charge in [0, 0.05) is 12.1 Å². The van der Waals surface area contributed by atoms with Gasteiger partial charge in [-0.25, -0.2) is 0 Å². The van der Waals surface area contributed by atoms with Crippen LogP contribution in [0.25, 0.3) is 0 Å². The zero-order valence-electron chi connectivity index (χ0n) is 16.3. The number of hydrogen-bond donors (Lipinski definition) is 2. The number of ether oxygens (including phenoxy) is 1. The van der Waals surface area contributed by atoms with Gasteiger partial charge in [-0.15, -0.1) is 0 Å². The minimum absolute atomic E-state index is 0.105.